The smallest absolute Gasteiger partial charge is 0.308 e. The summed E-state index contributed by atoms with van der Waals surface area (Å²) in [5, 5.41) is 27.3. The van der Waals surface area contributed by atoms with E-state index in [0.717, 1.165) is 52.1 Å². The van der Waals surface area contributed by atoms with Gasteiger partial charge in [-0.2, -0.15) is 38.7 Å². The van der Waals surface area contributed by atoms with Crippen molar-refractivity contribution >= 4 is 73.1 Å². The minimum Gasteiger partial charge on any atom is -0.424 e. The molecule has 17 nitrogen and oxygen atoms in total. The van der Waals surface area contributed by atoms with Gasteiger partial charge in [-0.15, -0.1) is 5.11 Å². The Bertz CT molecular complexity index is 2280. The van der Waals surface area contributed by atoms with Crippen molar-refractivity contribution in [1.82, 2.24) is 24.8 Å². The first-order valence-corrected chi connectivity index (χ1v) is 21.1. The van der Waals surface area contributed by atoms with Crippen molar-refractivity contribution in [2.24, 2.45) is 20.5 Å². The van der Waals surface area contributed by atoms with Gasteiger partial charge in [0, 0.05) is 31.1 Å². The number of carbonyl (C=O) groups excluding carboxylic acids is 1. The molecule has 0 unspecified atom stereocenters. The van der Waals surface area contributed by atoms with Crippen LogP contribution in [-0.4, -0.2) is 96.0 Å². The molecule has 5 aromatic rings. The Hall–Kier alpha value is -5.95. The van der Waals surface area contributed by atoms with Crippen LogP contribution in [0.5, 0.6) is 5.75 Å². The van der Waals surface area contributed by atoms with E-state index in [4.69, 9.17) is 4.74 Å². The van der Waals surface area contributed by atoms with Crippen LogP contribution in [0.25, 0.3) is 10.8 Å². The fourth-order valence-corrected chi connectivity index (χ4v) is 6.72. The van der Waals surface area contributed by atoms with E-state index in [2.05, 4.69) is 88.9 Å². The number of nitrogens with zero attached hydrogens (tertiary/aromatic N) is 9. The van der Waals surface area contributed by atoms with Crippen LogP contribution in [0.3, 0.4) is 0 Å². The standard InChI is InChI=1S/C41H52N12O5S/c1-6-52(7-2)25-13-23-42-39-45-40(43-24-14-26-53(8-3)9-4)47-41(46-39)44-34-21-22-35-30(27-34)28-36(59(55,56)57)37(38(35)58-29(5)54)51-50-33-19-17-32(18-20-33)49-48-31-15-11-10-12-16-31/h10-12,15-22,27-28H,6-9,13-14,23-26H2,1-5H3,(H,55,56,57)(H3,42,43,44,45,46,47). The van der Waals surface area contributed by atoms with Crippen LogP contribution in [-0.2, 0) is 14.9 Å². The Kier molecular flexibility index (Phi) is 16.2. The molecule has 59 heavy (non-hydrogen) atoms. The van der Waals surface area contributed by atoms with Gasteiger partial charge in [0.1, 0.15) is 4.90 Å². The van der Waals surface area contributed by atoms with Crippen LogP contribution in [0.4, 0.5) is 46.3 Å². The third kappa shape index (κ3) is 13.3. The maximum atomic E-state index is 12.8. The molecule has 0 atom stereocenters. The van der Waals surface area contributed by atoms with E-state index in [1.165, 1.54) is 13.0 Å². The molecule has 312 valence electrons. The summed E-state index contributed by atoms with van der Waals surface area (Å²) in [6.07, 6.45) is 1.79. The quantitative estimate of drug-likeness (QED) is 0.0169. The number of fused-ring (bicyclic) bond motifs is 1. The van der Waals surface area contributed by atoms with E-state index in [1.807, 2.05) is 30.3 Å². The fraction of sp³-hybridized carbons (Fsp3) is 0.366. The lowest BCUT2D eigenvalue weighted by molar-refractivity contribution is -0.131. The predicted molar refractivity (Wildman–Crippen MR) is 231 cm³/mol. The number of hydrogen-bond acceptors (Lipinski definition) is 16. The number of rotatable bonds is 22. The molecule has 0 amide bonds. The average molecular weight is 825 g/mol. The molecular formula is C41H52N12O5S. The monoisotopic (exact) mass is 824 g/mol. The first kappa shape index (κ1) is 44.2. The van der Waals surface area contributed by atoms with Crippen LogP contribution < -0.4 is 20.7 Å². The van der Waals surface area contributed by atoms with Gasteiger partial charge in [-0.25, -0.2) is 0 Å². The summed E-state index contributed by atoms with van der Waals surface area (Å²) in [6, 6.07) is 22.0. The van der Waals surface area contributed by atoms with Gasteiger partial charge in [0.05, 0.1) is 17.1 Å². The molecular weight excluding hydrogens is 773 g/mol. The van der Waals surface area contributed by atoms with Crippen molar-refractivity contribution in [2.75, 3.05) is 68.3 Å². The van der Waals surface area contributed by atoms with Gasteiger partial charge in [-0.1, -0.05) is 45.9 Å². The largest absolute Gasteiger partial charge is 0.424 e. The zero-order chi connectivity index (χ0) is 42.2. The molecule has 4 N–H and O–H groups in total. The van der Waals surface area contributed by atoms with E-state index in [1.54, 1.807) is 42.5 Å². The summed E-state index contributed by atoms with van der Waals surface area (Å²) in [6.45, 7) is 16.8. The maximum absolute atomic E-state index is 12.8. The number of nitrogens with one attached hydrogen (secondary N) is 3. The number of esters is 1. The van der Waals surface area contributed by atoms with Crippen molar-refractivity contribution < 1.29 is 22.5 Å². The molecule has 0 bridgehead atoms. The second-order valence-corrected chi connectivity index (χ2v) is 14.7. The normalized spacial score (nSPS) is 11.9. The van der Waals surface area contributed by atoms with Crippen molar-refractivity contribution in [3.05, 3.63) is 78.9 Å². The van der Waals surface area contributed by atoms with E-state index in [-0.39, 0.29) is 17.4 Å². The lowest BCUT2D eigenvalue weighted by Gasteiger charge is -2.18. The molecule has 0 saturated heterocycles. The topological polar surface area (TPSA) is 211 Å². The van der Waals surface area contributed by atoms with Gasteiger partial charge in [-0.3, -0.25) is 9.35 Å². The van der Waals surface area contributed by atoms with E-state index in [0.29, 0.717) is 58.5 Å². The SMILES string of the molecule is CCN(CC)CCCNc1nc(NCCCN(CC)CC)nc(Nc2ccc3c(OC(C)=O)c(N=Nc4ccc(N=Nc5ccccc5)cc4)c(S(=O)(=O)O)cc3c2)n1. The van der Waals surface area contributed by atoms with Crippen LogP contribution in [0.15, 0.2) is 104 Å². The number of anilines is 4. The molecule has 0 spiro atoms. The molecule has 1 aromatic heterocycles. The lowest BCUT2D eigenvalue weighted by atomic mass is 10.1. The van der Waals surface area contributed by atoms with Gasteiger partial charge < -0.3 is 30.5 Å². The van der Waals surface area contributed by atoms with Gasteiger partial charge in [-0.05, 0) is 118 Å². The highest BCUT2D eigenvalue weighted by molar-refractivity contribution is 7.86. The zero-order valence-corrected chi connectivity index (χ0v) is 34.9. The Morgan fingerprint density at radius 3 is 1.71 bits per heavy atom. The summed E-state index contributed by atoms with van der Waals surface area (Å²) in [5.74, 6) is 0.0935. The predicted octanol–water partition coefficient (Wildman–Crippen LogP) is 9.06. The third-order valence-electron chi connectivity index (χ3n) is 9.26. The lowest BCUT2D eigenvalue weighted by Crippen LogP contribution is -2.26. The van der Waals surface area contributed by atoms with E-state index < -0.39 is 21.0 Å². The van der Waals surface area contributed by atoms with Crippen LogP contribution in [0.1, 0.15) is 47.5 Å². The number of aromatic nitrogens is 3. The van der Waals surface area contributed by atoms with Crippen LogP contribution >= 0.6 is 0 Å². The number of hydrogen-bond donors (Lipinski definition) is 4. The summed E-state index contributed by atoms with van der Waals surface area (Å²) in [7, 11) is -4.90. The van der Waals surface area contributed by atoms with Crippen LogP contribution in [0.2, 0.25) is 0 Å². The summed E-state index contributed by atoms with van der Waals surface area (Å²) < 4.78 is 41.6. The molecule has 0 aliphatic rings. The summed E-state index contributed by atoms with van der Waals surface area (Å²) in [4.78, 5) is 30.3. The van der Waals surface area contributed by atoms with Crippen molar-refractivity contribution in [3.8, 4) is 5.75 Å². The van der Waals surface area contributed by atoms with Crippen molar-refractivity contribution in [3.63, 3.8) is 0 Å². The minimum atomic E-state index is -4.90. The Balaban J connectivity index is 1.43. The number of benzene rings is 4. The fourth-order valence-electron chi connectivity index (χ4n) is 6.06. The van der Waals surface area contributed by atoms with Gasteiger partial charge in [0.15, 0.2) is 11.4 Å². The minimum absolute atomic E-state index is 0.196. The molecule has 0 aliphatic heterocycles. The van der Waals surface area contributed by atoms with Gasteiger partial charge >= 0.3 is 5.97 Å². The zero-order valence-electron chi connectivity index (χ0n) is 34.1. The first-order valence-electron chi connectivity index (χ1n) is 19.7. The molecule has 0 saturated carbocycles. The van der Waals surface area contributed by atoms with E-state index >= 15 is 0 Å². The Morgan fingerprint density at radius 2 is 1.20 bits per heavy atom. The van der Waals surface area contributed by atoms with Gasteiger partial charge in [0.25, 0.3) is 10.1 Å². The Labute approximate surface area is 345 Å². The molecule has 0 fully saturated rings. The van der Waals surface area contributed by atoms with Crippen LogP contribution in [0, 0.1) is 0 Å². The molecule has 0 radical (unpaired) electrons. The molecule has 0 aliphatic carbocycles. The number of azo groups is 2. The number of carbonyl (C=O) groups is 1. The second-order valence-electron chi connectivity index (χ2n) is 13.4. The molecule has 18 heteroatoms. The average Bonchev–Trinajstić information content (AvgIpc) is 3.22. The molecule has 4 aromatic carbocycles. The third-order valence-corrected chi connectivity index (χ3v) is 10.1. The van der Waals surface area contributed by atoms with E-state index in [9.17, 15) is 17.8 Å². The first-order chi connectivity index (χ1) is 28.5. The summed E-state index contributed by atoms with van der Waals surface area (Å²) in [5.41, 5.74) is 1.71. The highest BCUT2D eigenvalue weighted by Crippen LogP contribution is 2.43. The van der Waals surface area contributed by atoms with Crippen molar-refractivity contribution in [1.29, 1.82) is 0 Å². The molecule has 5 rings (SSSR count). The van der Waals surface area contributed by atoms with Gasteiger partial charge in [0.2, 0.25) is 17.8 Å². The second kappa shape index (κ2) is 21.7. The molecule has 1 heterocycles. The highest BCUT2D eigenvalue weighted by Gasteiger charge is 2.25. The summed E-state index contributed by atoms with van der Waals surface area (Å²) >= 11 is 0. The Morgan fingerprint density at radius 1 is 0.695 bits per heavy atom. The number of ether oxygens (including phenoxy) is 1. The maximum Gasteiger partial charge on any atom is 0.308 e. The highest BCUT2D eigenvalue weighted by atomic mass is 32.2. The van der Waals surface area contributed by atoms with Crippen molar-refractivity contribution in [2.45, 2.75) is 52.4 Å².